The van der Waals surface area contributed by atoms with E-state index in [0.29, 0.717) is 37.3 Å². The molecule has 2 aliphatic heterocycles. The Morgan fingerprint density at radius 2 is 1.74 bits per heavy atom. The van der Waals surface area contributed by atoms with Crippen molar-refractivity contribution in [2.75, 3.05) is 25.0 Å². The van der Waals surface area contributed by atoms with Gasteiger partial charge in [0.25, 0.3) is 5.91 Å². The van der Waals surface area contributed by atoms with Crippen molar-refractivity contribution in [1.82, 2.24) is 14.9 Å². The van der Waals surface area contributed by atoms with Crippen LogP contribution in [0, 0.1) is 0 Å². The lowest BCUT2D eigenvalue weighted by Crippen LogP contribution is -2.42. The lowest BCUT2D eigenvalue weighted by atomic mass is 10.1. The van der Waals surface area contributed by atoms with Gasteiger partial charge in [0.2, 0.25) is 21.8 Å². The van der Waals surface area contributed by atoms with E-state index in [1.54, 1.807) is 48.5 Å². The summed E-state index contributed by atoms with van der Waals surface area (Å²) in [6, 6.07) is 12.7. The molecule has 2 aromatic rings. The second-order valence-electron chi connectivity index (χ2n) is 8.45. The quantitative estimate of drug-likeness (QED) is 0.526. The first kappa shape index (κ1) is 23.9. The summed E-state index contributed by atoms with van der Waals surface area (Å²) < 4.78 is 26.7. The summed E-state index contributed by atoms with van der Waals surface area (Å²) in [4.78, 5) is 37.3. The van der Waals surface area contributed by atoms with Crippen LogP contribution in [0.1, 0.15) is 41.6 Å². The minimum absolute atomic E-state index is 0.0850. The van der Waals surface area contributed by atoms with E-state index < -0.39 is 16.1 Å². The molecule has 0 aliphatic carbocycles. The van der Waals surface area contributed by atoms with Crippen molar-refractivity contribution >= 4 is 33.4 Å². The van der Waals surface area contributed by atoms with E-state index in [2.05, 4.69) is 16.0 Å². The van der Waals surface area contributed by atoms with E-state index in [9.17, 15) is 22.8 Å². The molecule has 1 saturated heterocycles. The van der Waals surface area contributed by atoms with E-state index in [1.807, 2.05) is 0 Å². The first-order valence-electron chi connectivity index (χ1n) is 11.4. The molecule has 1 unspecified atom stereocenters. The van der Waals surface area contributed by atoms with Crippen molar-refractivity contribution in [3.8, 4) is 0 Å². The van der Waals surface area contributed by atoms with Crippen molar-refractivity contribution in [3.05, 3.63) is 59.7 Å². The van der Waals surface area contributed by atoms with Gasteiger partial charge in [0.05, 0.1) is 16.1 Å². The Bertz CT molecular complexity index is 1170. The third-order valence-corrected chi connectivity index (χ3v) is 7.99. The van der Waals surface area contributed by atoms with Gasteiger partial charge in [-0.2, -0.15) is 4.31 Å². The monoisotopic (exact) mass is 484 g/mol. The molecule has 9 nitrogen and oxygen atoms in total. The summed E-state index contributed by atoms with van der Waals surface area (Å²) >= 11 is 0. The largest absolute Gasteiger partial charge is 0.356 e. The fraction of sp³-hybridized carbons (Fsp3) is 0.375. The SMILES string of the molecule is O=C(CCC1NC(=O)c2ccccc2NC1=O)NCCc1ccc(S(=O)(=O)N2CCCC2)cc1. The lowest BCUT2D eigenvalue weighted by Gasteiger charge is -2.15. The second-order valence-corrected chi connectivity index (χ2v) is 10.4. The van der Waals surface area contributed by atoms with Gasteiger partial charge in [-0.1, -0.05) is 24.3 Å². The Labute approximate surface area is 199 Å². The number of benzene rings is 2. The van der Waals surface area contributed by atoms with Gasteiger partial charge >= 0.3 is 0 Å². The number of amides is 3. The Morgan fingerprint density at radius 1 is 1.03 bits per heavy atom. The number of hydrogen-bond acceptors (Lipinski definition) is 5. The molecular formula is C24H28N4O5S. The number of rotatable bonds is 8. The average molecular weight is 485 g/mol. The Kier molecular flexibility index (Phi) is 7.28. The number of nitrogens with zero attached hydrogens (tertiary/aromatic N) is 1. The number of nitrogens with one attached hydrogen (secondary N) is 3. The smallest absolute Gasteiger partial charge is 0.254 e. The van der Waals surface area contributed by atoms with Crippen LogP contribution in [0.4, 0.5) is 5.69 Å². The molecule has 2 aliphatic rings. The maximum Gasteiger partial charge on any atom is 0.254 e. The van der Waals surface area contributed by atoms with Gasteiger partial charge < -0.3 is 16.0 Å². The van der Waals surface area contributed by atoms with Crippen LogP contribution in [0.15, 0.2) is 53.4 Å². The standard InChI is InChI=1S/C24H28N4O5S/c29-22(12-11-21-24(31)26-20-6-2-1-5-19(20)23(30)27-21)25-14-13-17-7-9-18(10-8-17)34(32,33)28-15-3-4-16-28/h1-2,5-10,21H,3-4,11-16H2,(H,25,29)(H,26,31)(H,27,30). The van der Waals surface area contributed by atoms with Gasteiger partial charge in [-0.05, 0) is 55.5 Å². The Hall–Kier alpha value is -3.24. The maximum atomic E-state index is 12.6. The fourth-order valence-corrected chi connectivity index (χ4v) is 5.65. The minimum atomic E-state index is -3.43. The molecule has 3 amide bonds. The molecule has 0 aromatic heterocycles. The molecule has 1 atom stereocenters. The van der Waals surface area contributed by atoms with Gasteiger partial charge in [0.15, 0.2) is 0 Å². The summed E-state index contributed by atoms with van der Waals surface area (Å²) in [7, 11) is -3.43. The summed E-state index contributed by atoms with van der Waals surface area (Å²) in [5.41, 5.74) is 1.76. The number of carbonyl (C=O) groups excluding carboxylic acids is 3. The zero-order valence-corrected chi connectivity index (χ0v) is 19.6. The number of hydrogen-bond donors (Lipinski definition) is 3. The summed E-state index contributed by atoms with van der Waals surface area (Å²) in [6.07, 6.45) is 2.60. The van der Waals surface area contributed by atoms with Crippen LogP contribution in [-0.4, -0.2) is 56.1 Å². The average Bonchev–Trinajstić information content (AvgIpc) is 3.34. The molecule has 4 rings (SSSR count). The van der Waals surface area contributed by atoms with Crippen LogP contribution in [0.3, 0.4) is 0 Å². The third-order valence-electron chi connectivity index (χ3n) is 6.07. The Morgan fingerprint density at radius 3 is 2.47 bits per heavy atom. The highest BCUT2D eigenvalue weighted by molar-refractivity contribution is 7.89. The lowest BCUT2D eigenvalue weighted by molar-refractivity contribution is -0.121. The van der Waals surface area contributed by atoms with Crippen LogP contribution in [-0.2, 0) is 26.0 Å². The van der Waals surface area contributed by atoms with Crippen LogP contribution >= 0.6 is 0 Å². The molecule has 2 aromatic carbocycles. The van der Waals surface area contributed by atoms with E-state index in [0.717, 1.165) is 18.4 Å². The predicted octanol–water partition coefficient (Wildman–Crippen LogP) is 1.66. The van der Waals surface area contributed by atoms with Crippen LogP contribution < -0.4 is 16.0 Å². The molecule has 0 bridgehead atoms. The summed E-state index contributed by atoms with van der Waals surface area (Å²) in [5.74, 6) is -0.929. The molecule has 0 saturated carbocycles. The van der Waals surface area contributed by atoms with Crippen LogP contribution in [0.5, 0.6) is 0 Å². The fourth-order valence-electron chi connectivity index (χ4n) is 4.13. The summed E-state index contributed by atoms with van der Waals surface area (Å²) in [6.45, 7) is 1.51. The van der Waals surface area contributed by atoms with E-state index >= 15 is 0 Å². The van der Waals surface area contributed by atoms with Crippen molar-refractivity contribution in [2.24, 2.45) is 0 Å². The van der Waals surface area contributed by atoms with Crippen molar-refractivity contribution in [3.63, 3.8) is 0 Å². The summed E-state index contributed by atoms with van der Waals surface area (Å²) in [5, 5.41) is 8.21. The molecule has 10 heteroatoms. The van der Waals surface area contributed by atoms with Gasteiger partial charge in [0, 0.05) is 26.1 Å². The maximum absolute atomic E-state index is 12.6. The van der Waals surface area contributed by atoms with Crippen LogP contribution in [0.2, 0.25) is 0 Å². The minimum Gasteiger partial charge on any atom is -0.356 e. The normalized spacial score (nSPS) is 18.5. The number of sulfonamides is 1. The van der Waals surface area contributed by atoms with Gasteiger partial charge in [-0.15, -0.1) is 0 Å². The molecular weight excluding hydrogens is 456 g/mol. The van der Waals surface area contributed by atoms with Gasteiger partial charge in [0.1, 0.15) is 6.04 Å². The van der Waals surface area contributed by atoms with Crippen molar-refractivity contribution in [1.29, 1.82) is 0 Å². The molecule has 0 radical (unpaired) electrons. The molecule has 34 heavy (non-hydrogen) atoms. The topological polar surface area (TPSA) is 125 Å². The van der Waals surface area contributed by atoms with Gasteiger partial charge in [-0.3, -0.25) is 14.4 Å². The van der Waals surface area contributed by atoms with Crippen LogP contribution in [0.25, 0.3) is 0 Å². The molecule has 3 N–H and O–H groups in total. The second kappa shape index (κ2) is 10.4. The highest BCUT2D eigenvalue weighted by Gasteiger charge is 2.28. The third kappa shape index (κ3) is 5.45. The molecule has 180 valence electrons. The first-order valence-corrected chi connectivity index (χ1v) is 12.8. The molecule has 2 heterocycles. The molecule has 0 spiro atoms. The van der Waals surface area contributed by atoms with Gasteiger partial charge in [-0.25, -0.2) is 8.42 Å². The number of anilines is 1. The Balaban J connectivity index is 1.23. The predicted molar refractivity (Wildman–Crippen MR) is 127 cm³/mol. The highest BCUT2D eigenvalue weighted by atomic mass is 32.2. The zero-order valence-electron chi connectivity index (χ0n) is 18.7. The van der Waals surface area contributed by atoms with Crippen molar-refractivity contribution in [2.45, 2.75) is 43.0 Å². The van der Waals surface area contributed by atoms with Crippen molar-refractivity contribution < 1.29 is 22.8 Å². The van der Waals surface area contributed by atoms with E-state index in [-0.39, 0.29) is 35.5 Å². The number of para-hydroxylation sites is 1. The number of carbonyl (C=O) groups is 3. The van der Waals surface area contributed by atoms with E-state index in [1.165, 1.54) is 4.31 Å². The van der Waals surface area contributed by atoms with E-state index in [4.69, 9.17) is 0 Å². The molecule has 1 fully saturated rings. The number of fused-ring (bicyclic) bond motifs is 1. The first-order chi connectivity index (χ1) is 16.3. The highest BCUT2D eigenvalue weighted by Crippen LogP contribution is 2.21. The zero-order chi connectivity index (χ0) is 24.1.